The molecule has 2 atom stereocenters. The van der Waals surface area contributed by atoms with Crippen LogP contribution in [-0.4, -0.2) is 38.1 Å². The number of rotatable bonds is 18. The fourth-order valence-corrected chi connectivity index (χ4v) is 5.68. The van der Waals surface area contributed by atoms with E-state index in [2.05, 4.69) is 19.1 Å². The number of hydrogen-bond donors (Lipinski definition) is 0. The zero-order valence-electron chi connectivity index (χ0n) is 26.2. The van der Waals surface area contributed by atoms with Crippen LogP contribution < -0.4 is 0 Å². The number of unbranched alkanes of at least 4 members (excludes halogenated alkanes) is 5. The molecule has 0 N–H and O–H groups in total. The zero-order chi connectivity index (χ0) is 30.0. The van der Waals surface area contributed by atoms with E-state index in [-0.39, 0.29) is 13.2 Å². The van der Waals surface area contributed by atoms with E-state index in [0.29, 0.717) is 0 Å². The first-order valence-corrected chi connectivity index (χ1v) is 16.6. The van der Waals surface area contributed by atoms with Crippen LogP contribution >= 0.6 is 0 Å². The molecule has 1 aliphatic heterocycles. The second-order valence-corrected chi connectivity index (χ2v) is 11.9. The summed E-state index contributed by atoms with van der Waals surface area (Å²) in [5, 5.41) is 0. The van der Waals surface area contributed by atoms with Crippen molar-refractivity contribution in [1.82, 2.24) is 0 Å². The Labute approximate surface area is 253 Å². The lowest BCUT2D eigenvalue weighted by Crippen LogP contribution is -2.33. The first kappa shape index (κ1) is 34.2. The molecule has 1 aromatic carbocycles. The average Bonchev–Trinajstić information content (AvgIpc) is 3.38. The summed E-state index contributed by atoms with van der Waals surface area (Å²) in [6, 6.07) is 8.04. The molecule has 1 aliphatic carbocycles. The summed E-state index contributed by atoms with van der Waals surface area (Å²) >= 11 is 0. The molecule has 1 aromatic rings. The van der Waals surface area contributed by atoms with Gasteiger partial charge in [0.1, 0.15) is 0 Å². The molecule has 0 radical (unpaired) electrons. The Balaban J connectivity index is 1.43. The molecule has 0 amide bonds. The number of carbonyl (C=O) groups is 2. The third kappa shape index (κ3) is 12.5. The molecule has 1 saturated heterocycles. The van der Waals surface area contributed by atoms with Gasteiger partial charge in [-0.1, -0.05) is 122 Å². The Morgan fingerprint density at radius 2 is 1.14 bits per heavy atom. The van der Waals surface area contributed by atoms with Crippen molar-refractivity contribution in [2.24, 2.45) is 11.8 Å². The van der Waals surface area contributed by atoms with Crippen LogP contribution in [0.15, 0.2) is 24.3 Å². The van der Waals surface area contributed by atoms with E-state index in [4.69, 9.17) is 28.4 Å². The number of benzene rings is 1. The molecule has 8 nitrogen and oxygen atoms in total. The summed E-state index contributed by atoms with van der Waals surface area (Å²) < 4.78 is 32.3. The second-order valence-electron chi connectivity index (χ2n) is 11.9. The zero-order valence-corrected chi connectivity index (χ0v) is 26.2. The van der Waals surface area contributed by atoms with E-state index in [0.717, 1.165) is 49.5 Å². The monoisotopic (exact) mass is 590 g/mol. The van der Waals surface area contributed by atoms with Crippen molar-refractivity contribution in [1.29, 1.82) is 0 Å². The number of carbonyl (C=O) groups excluding carboxylic acids is 2. The summed E-state index contributed by atoms with van der Waals surface area (Å²) in [5.41, 5.74) is 2.00. The van der Waals surface area contributed by atoms with Gasteiger partial charge in [0.05, 0.1) is 13.2 Å². The van der Waals surface area contributed by atoms with E-state index >= 15 is 0 Å². The van der Waals surface area contributed by atoms with Crippen molar-refractivity contribution in [2.75, 3.05) is 13.2 Å². The molecule has 0 aromatic heterocycles. The largest absolute Gasteiger partial charge is 0.510 e. The second kappa shape index (κ2) is 19.8. The van der Waals surface area contributed by atoms with Gasteiger partial charge >= 0.3 is 12.3 Å². The number of ether oxygens (including phenoxy) is 6. The molecule has 0 unspecified atom stereocenters. The Kier molecular flexibility index (Phi) is 16.1. The Morgan fingerprint density at radius 3 is 1.62 bits per heavy atom. The summed E-state index contributed by atoms with van der Waals surface area (Å²) in [6.45, 7) is 6.74. The van der Waals surface area contributed by atoms with Crippen molar-refractivity contribution < 1.29 is 38.0 Å². The molecule has 42 heavy (non-hydrogen) atoms. The quantitative estimate of drug-likeness (QED) is 0.123. The maximum absolute atomic E-state index is 12.1. The van der Waals surface area contributed by atoms with E-state index in [1.54, 1.807) is 0 Å². The molecule has 238 valence electrons. The van der Waals surface area contributed by atoms with Gasteiger partial charge in [-0.15, -0.1) is 0 Å². The third-order valence-corrected chi connectivity index (χ3v) is 8.36. The fraction of sp³-hybridized carbons (Fsp3) is 0.765. The molecule has 0 bridgehead atoms. The molecule has 8 heteroatoms. The molecular weight excluding hydrogens is 536 g/mol. The van der Waals surface area contributed by atoms with Crippen molar-refractivity contribution in [2.45, 2.75) is 142 Å². The van der Waals surface area contributed by atoms with Gasteiger partial charge in [-0.25, -0.2) is 9.59 Å². The molecule has 3 rings (SSSR count). The van der Waals surface area contributed by atoms with Crippen LogP contribution in [-0.2, 0) is 34.8 Å². The van der Waals surface area contributed by atoms with Crippen LogP contribution in [0.5, 0.6) is 0 Å². The van der Waals surface area contributed by atoms with Gasteiger partial charge in [0, 0.05) is 5.56 Å². The van der Waals surface area contributed by atoms with Gasteiger partial charge in [0.15, 0.2) is 6.29 Å². The SMILES string of the molecule is CCCCCC1CCC(CCCCc2ccc(C3O[C@H](OC(=O)OCCCC)[C@@H](OC(=O)OCCCC)O3)cc2)CC1. The highest BCUT2D eigenvalue weighted by atomic mass is 16.9. The number of aryl methyl sites for hydroxylation is 1. The highest BCUT2D eigenvalue weighted by Gasteiger charge is 2.43. The van der Waals surface area contributed by atoms with E-state index in [1.165, 1.54) is 76.2 Å². The van der Waals surface area contributed by atoms with Crippen LogP contribution in [0.1, 0.15) is 135 Å². The molecular formula is C34H54O8. The first-order chi connectivity index (χ1) is 20.5. The van der Waals surface area contributed by atoms with Crippen LogP contribution in [0.2, 0.25) is 0 Å². The van der Waals surface area contributed by atoms with Gasteiger partial charge in [-0.3, -0.25) is 0 Å². The summed E-state index contributed by atoms with van der Waals surface area (Å²) in [7, 11) is 0. The first-order valence-electron chi connectivity index (χ1n) is 16.6. The topological polar surface area (TPSA) is 89.5 Å². The van der Waals surface area contributed by atoms with E-state index < -0.39 is 31.2 Å². The fourth-order valence-electron chi connectivity index (χ4n) is 5.68. The van der Waals surface area contributed by atoms with Crippen LogP contribution in [0.3, 0.4) is 0 Å². The Hall–Kier alpha value is -2.32. The van der Waals surface area contributed by atoms with Crippen LogP contribution in [0.4, 0.5) is 9.59 Å². The minimum Gasteiger partial charge on any atom is -0.434 e. The molecule has 1 saturated carbocycles. The lowest BCUT2D eigenvalue weighted by atomic mass is 9.78. The Morgan fingerprint density at radius 1 is 0.667 bits per heavy atom. The summed E-state index contributed by atoms with van der Waals surface area (Å²) in [5.74, 6) is 1.88. The maximum Gasteiger partial charge on any atom is 0.510 e. The predicted octanol–water partition coefficient (Wildman–Crippen LogP) is 9.39. The Bertz CT molecular complexity index is 848. The minimum atomic E-state index is -1.27. The third-order valence-electron chi connectivity index (χ3n) is 8.36. The maximum atomic E-state index is 12.1. The van der Waals surface area contributed by atoms with Gasteiger partial charge < -0.3 is 28.4 Å². The lowest BCUT2D eigenvalue weighted by Gasteiger charge is -2.28. The van der Waals surface area contributed by atoms with Crippen molar-refractivity contribution in [3.8, 4) is 0 Å². The lowest BCUT2D eigenvalue weighted by molar-refractivity contribution is -0.159. The van der Waals surface area contributed by atoms with Gasteiger partial charge in [0.25, 0.3) is 12.6 Å². The van der Waals surface area contributed by atoms with E-state index in [1.807, 2.05) is 26.0 Å². The normalized spacial score (nSPS) is 22.5. The van der Waals surface area contributed by atoms with Crippen molar-refractivity contribution in [3.05, 3.63) is 35.4 Å². The number of hydrogen-bond acceptors (Lipinski definition) is 8. The summed E-state index contributed by atoms with van der Waals surface area (Å²) in [4.78, 5) is 24.3. The minimum absolute atomic E-state index is 0.235. The predicted molar refractivity (Wildman–Crippen MR) is 161 cm³/mol. The van der Waals surface area contributed by atoms with Crippen LogP contribution in [0.25, 0.3) is 0 Å². The molecule has 1 heterocycles. The molecule has 0 spiro atoms. The summed E-state index contributed by atoms with van der Waals surface area (Å²) in [6.07, 6.45) is 14.0. The van der Waals surface area contributed by atoms with Crippen LogP contribution in [0, 0.1) is 11.8 Å². The standard InChI is InChI=1S/C34H54O8/c1-4-7-10-13-26-16-18-27(19-17-26)14-11-12-15-28-20-22-29(23-21-28)30-39-31(41-33(35)37-24-8-5-2)32(40-30)42-34(36)38-25-9-6-3/h20-23,26-27,30-32H,4-19,24-25H2,1-3H3/t26?,27?,31-,32-/m1/s1. The van der Waals surface area contributed by atoms with E-state index in [9.17, 15) is 9.59 Å². The smallest absolute Gasteiger partial charge is 0.434 e. The highest BCUT2D eigenvalue weighted by Crippen LogP contribution is 2.35. The van der Waals surface area contributed by atoms with Crippen molar-refractivity contribution >= 4 is 12.3 Å². The highest BCUT2D eigenvalue weighted by molar-refractivity contribution is 5.61. The van der Waals surface area contributed by atoms with Crippen molar-refractivity contribution in [3.63, 3.8) is 0 Å². The van der Waals surface area contributed by atoms with Gasteiger partial charge in [-0.2, -0.15) is 0 Å². The van der Waals surface area contributed by atoms with Gasteiger partial charge in [-0.05, 0) is 43.1 Å². The average molecular weight is 591 g/mol. The molecule has 2 fully saturated rings. The van der Waals surface area contributed by atoms with Gasteiger partial charge in [0.2, 0.25) is 0 Å². The molecule has 2 aliphatic rings.